The quantitative estimate of drug-likeness (QED) is 0.441. The van der Waals surface area contributed by atoms with E-state index in [1.807, 2.05) is 30.5 Å². The molecule has 2 amide bonds. The minimum absolute atomic E-state index is 0.133. The Labute approximate surface area is 191 Å². The predicted molar refractivity (Wildman–Crippen MR) is 124 cm³/mol. The number of likely N-dealkylation sites (tertiary alicyclic amines) is 1. The van der Waals surface area contributed by atoms with E-state index in [4.69, 9.17) is 5.73 Å². The minimum atomic E-state index is -1.11. The van der Waals surface area contributed by atoms with Gasteiger partial charge in [-0.05, 0) is 36.5 Å². The first-order chi connectivity index (χ1) is 15.9. The number of amides is 2. The number of carbonyl (C=O) groups is 3. The molecule has 2 heterocycles. The molecule has 1 saturated heterocycles. The van der Waals surface area contributed by atoms with Gasteiger partial charge in [0, 0.05) is 36.1 Å². The molecule has 8 nitrogen and oxygen atoms in total. The first-order valence-corrected chi connectivity index (χ1v) is 11.1. The van der Waals surface area contributed by atoms with Gasteiger partial charge in [0.1, 0.15) is 0 Å². The highest BCUT2D eigenvalue weighted by Crippen LogP contribution is 2.22. The number of para-hydroxylation sites is 1. The number of fused-ring (bicyclic) bond motifs is 1. The molecule has 1 fully saturated rings. The van der Waals surface area contributed by atoms with Gasteiger partial charge < -0.3 is 26.0 Å². The van der Waals surface area contributed by atoms with Gasteiger partial charge in [-0.25, -0.2) is 4.79 Å². The summed E-state index contributed by atoms with van der Waals surface area (Å²) in [7, 11) is 0. The Kier molecular flexibility index (Phi) is 6.74. The number of nitrogens with zero attached hydrogens (tertiary/aromatic N) is 1. The molecule has 4 rings (SSSR count). The number of rotatable bonds is 7. The second-order valence-corrected chi connectivity index (χ2v) is 8.46. The summed E-state index contributed by atoms with van der Waals surface area (Å²) in [6.07, 6.45) is 3.26. The highest BCUT2D eigenvalue weighted by atomic mass is 16.4. The van der Waals surface area contributed by atoms with Gasteiger partial charge in [-0.1, -0.05) is 48.5 Å². The third-order valence-corrected chi connectivity index (χ3v) is 6.28. The Morgan fingerprint density at radius 1 is 1.06 bits per heavy atom. The number of aliphatic carboxylic acids is 1. The van der Waals surface area contributed by atoms with Gasteiger partial charge in [0.05, 0.1) is 6.04 Å². The topological polar surface area (TPSA) is 129 Å². The maximum atomic E-state index is 12.9. The Morgan fingerprint density at radius 3 is 2.42 bits per heavy atom. The number of nitrogens with one attached hydrogen (secondary N) is 2. The third kappa shape index (κ3) is 5.06. The summed E-state index contributed by atoms with van der Waals surface area (Å²) in [6.45, 7) is 0.836. The van der Waals surface area contributed by atoms with Gasteiger partial charge in [0.15, 0.2) is 6.04 Å². The fourth-order valence-corrected chi connectivity index (χ4v) is 4.41. The molecule has 3 aromatic rings. The van der Waals surface area contributed by atoms with Gasteiger partial charge in [0.2, 0.25) is 11.8 Å². The SMILES string of the molecule is NC(Cc1c[nH]c2ccccc12)C(=O)N1CCC(C(=O)NC(C(=O)O)c2ccccc2)CC1. The maximum Gasteiger partial charge on any atom is 0.330 e. The van der Waals surface area contributed by atoms with Crippen LogP contribution in [-0.4, -0.2) is 51.9 Å². The van der Waals surface area contributed by atoms with Crippen molar-refractivity contribution in [1.82, 2.24) is 15.2 Å². The molecule has 0 radical (unpaired) electrons. The molecule has 2 unspecified atom stereocenters. The smallest absolute Gasteiger partial charge is 0.330 e. The number of carboxylic acid groups (broad SMARTS) is 1. The number of carboxylic acids is 1. The zero-order valence-electron chi connectivity index (χ0n) is 18.2. The standard InChI is InChI=1S/C25H28N4O4/c26-20(14-18-15-27-21-9-5-4-8-19(18)21)24(31)29-12-10-17(11-13-29)23(30)28-22(25(32)33)16-6-2-1-3-7-16/h1-9,15,17,20,22,27H,10-14,26H2,(H,28,30)(H,32,33). The van der Waals surface area contributed by atoms with Crippen molar-refractivity contribution in [2.75, 3.05) is 13.1 Å². The first kappa shape index (κ1) is 22.5. The number of piperidine rings is 1. The first-order valence-electron chi connectivity index (χ1n) is 11.1. The summed E-state index contributed by atoms with van der Waals surface area (Å²) < 4.78 is 0. The Hall–Kier alpha value is -3.65. The van der Waals surface area contributed by atoms with E-state index in [0.717, 1.165) is 16.5 Å². The molecule has 172 valence electrons. The van der Waals surface area contributed by atoms with E-state index >= 15 is 0 Å². The molecule has 0 aliphatic carbocycles. The van der Waals surface area contributed by atoms with Crippen molar-refractivity contribution in [3.8, 4) is 0 Å². The number of benzene rings is 2. The van der Waals surface area contributed by atoms with Crippen LogP contribution in [0, 0.1) is 5.92 Å². The molecule has 0 spiro atoms. The van der Waals surface area contributed by atoms with Crippen molar-refractivity contribution in [2.45, 2.75) is 31.3 Å². The molecule has 2 aromatic carbocycles. The summed E-state index contributed by atoms with van der Waals surface area (Å²) in [5, 5.41) is 13.2. The lowest BCUT2D eigenvalue weighted by molar-refractivity contribution is -0.143. The Bertz CT molecular complexity index is 1140. The van der Waals surface area contributed by atoms with Gasteiger partial charge in [-0.3, -0.25) is 9.59 Å². The van der Waals surface area contributed by atoms with Crippen LogP contribution in [0.5, 0.6) is 0 Å². The van der Waals surface area contributed by atoms with Crippen LogP contribution in [0.2, 0.25) is 0 Å². The summed E-state index contributed by atoms with van der Waals surface area (Å²) in [5.41, 5.74) is 8.77. The largest absolute Gasteiger partial charge is 0.479 e. The molecule has 1 aliphatic heterocycles. The van der Waals surface area contributed by atoms with Crippen LogP contribution in [-0.2, 0) is 20.8 Å². The number of carbonyl (C=O) groups excluding carboxylic acids is 2. The van der Waals surface area contributed by atoms with Crippen LogP contribution in [0.3, 0.4) is 0 Å². The molecule has 2 atom stereocenters. The predicted octanol–water partition coefficient (Wildman–Crippen LogP) is 2.22. The monoisotopic (exact) mass is 448 g/mol. The number of hydrogen-bond donors (Lipinski definition) is 4. The number of H-pyrrole nitrogens is 1. The van der Waals surface area contributed by atoms with Crippen molar-refractivity contribution < 1.29 is 19.5 Å². The molecule has 0 saturated carbocycles. The Morgan fingerprint density at radius 2 is 1.73 bits per heavy atom. The number of aromatic nitrogens is 1. The van der Waals surface area contributed by atoms with Crippen molar-refractivity contribution in [3.63, 3.8) is 0 Å². The summed E-state index contributed by atoms with van der Waals surface area (Å²) in [5.74, 6) is -1.89. The summed E-state index contributed by atoms with van der Waals surface area (Å²) in [4.78, 5) is 42.2. The van der Waals surface area contributed by atoms with E-state index in [2.05, 4.69) is 10.3 Å². The van der Waals surface area contributed by atoms with E-state index in [9.17, 15) is 19.5 Å². The fraction of sp³-hybridized carbons (Fsp3) is 0.320. The van der Waals surface area contributed by atoms with E-state index in [0.29, 0.717) is 37.9 Å². The fourth-order valence-electron chi connectivity index (χ4n) is 4.41. The lowest BCUT2D eigenvalue weighted by Gasteiger charge is -2.33. The van der Waals surface area contributed by atoms with E-state index in [1.165, 1.54) is 0 Å². The molecular weight excluding hydrogens is 420 g/mol. The van der Waals surface area contributed by atoms with Crippen LogP contribution < -0.4 is 11.1 Å². The molecule has 0 bridgehead atoms. The minimum Gasteiger partial charge on any atom is -0.479 e. The second kappa shape index (κ2) is 9.87. The van der Waals surface area contributed by atoms with Gasteiger partial charge in [-0.2, -0.15) is 0 Å². The lowest BCUT2D eigenvalue weighted by atomic mass is 9.94. The van der Waals surface area contributed by atoms with Crippen LogP contribution in [0.15, 0.2) is 60.8 Å². The second-order valence-electron chi connectivity index (χ2n) is 8.46. The zero-order chi connectivity index (χ0) is 23.4. The summed E-state index contributed by atoms with van der Waals surface area (Å²) >= 11 is 0. The molecule has 1 aliphatic rings. The van der Waals surface area contributed by atoms with Crippen LogP contribution in [0.25, 0.3) is 10.9 Å². The van der Waals surface area contributed by atoms with E-state index in [1.54, 1.807) is 35.2 Å². The third-order valence-electron chi connectivity index (χ3n) is 6.28. The van der Waals surface area contributed by atoms with Crippen molar-refractivity contribution in [2.24, 2.45) is 11.7 Å². The number of hydrogen-bond acceptors (Lipinski definition) is 4. The van der Waals surface area contributed by atoms with Gasteiger partial charge in [0.25, 0.3) is 0 Å². The van der Waals surface area contributed by atoms with Gasteiger partial charge in [-0.15, -0.1) is 0 Å². The maximum absolute atomic E-state index is 12.9. The highest BCUT2D eigenvalue weighted by Gasteiger charge is 2.32. The van der Waals surface area contributed by atoms with Crippen LogP contribution >= 0.6 is 0 Å². The van der Waals surface area contributed by atoms with Crippen molar-refractivity contribution in [3.05, 3.63) is 71.9 Å². The van der Waals surface area contributed by atoms with Crippen molar-refractivity contribution in [1.29, 1.82) is 0 Å². The number of nitrogens with two attached hydrogens (primary N) is 1. The van der Waals surface area contributed by atoms with Gasteiger partial charge >= 0.3 is 5.97 Å². The lowest BCUT2D eigenvalue weighted by Crippen LogP contribution is -2.50. The molecule has 1 aromatic heterocycles. The zero-order valence-corrected chi connectivity index (χ0v) is 18.2. The molecule has 33 heavy (non-hydrogen) atoms. The molecular formula is C25H28N4O4. The van der Waals surface area contributed by atoms with Crippen molar-refractivity contribution >= 4 is 28.7 Å². The highest BCUT2D eigenvalue weighted by molar-refractivity contribution is 5.87. The van der Waals surface area contributed by atoms with E-state index in [-0.39, 0.29) is 17.7 Å². The average Bonchev–Trinajstić information content (AvgIpc) is 3.25. The molecule has 5 N–H and O–H groups in total. The summed E-state index contributed by atoms with van der Waals surface area (Å²) in [6, 6.07) is 14.7. The normalized spacial score (nSPS) is 16.3. The Balaban J connectivity index is 1.31. The van der Waals surface area contributed by atoms with E-state index < -0.39 is 18.1 Å². The molecule has 8 heteroatoms. The van der Waals surface area contributed by atoms with Crippen LogP contribution in [0.4, 0.5) is 0 Å². The number of aromatic amines is 1. The van der Waals surface area contributed by atoms with Crippen LogP contribution in [0.1, 0.15) is 30.0 Å². The average molecular weight is 449 g/mol.